The lowest BCUT2D eigenvalue weighted by atomic mass is 10.1. The van der Waals surface area contributed by atoms with Crippen LogP contribution in [0, 0.1) is 0 Å². The van der Waals surface area contributed by atoms with Crippen LogP contribution in [0.25, 0.3) is 22.8 Å². The summed E-state index contributed by atoms with van der Waals surface area (Å²) in [5.74, 6) is 0.582. The van der Waals surface area contributed by atoms with Crippen LogP contribution in [0.2, 0.25) is 0 Å². The molecule has 4 aromatic rings. The molecule has 0 amide bonds. The Balaban J connectivity index is 1.56. The number of para-hydroxylation sites is 1. The third kappa shape index (κ3) is 3.46. The van der Waals surface area contributed by atoms with Crippen LogP contribution in [0.5, 0.6) is 5.75 Å². The molecule has 5 rings (SSSR count). The molecule has 2 aromatic heterocycles. The molecular weight excluding hydrogens is 397 g/mol. The summed E-state index contributed by atoms with van der Waals surface area (Å²) in [7, 11) is 1.57. The Morgan fingerprint density at radius 2 is 1.84 bits per heavy atom. The van der Waals surface area contributed by atoms with Crippen LogP contribution in [0.4, 0.5) is 10.1 Å². The van der Waals surface area contributed by atoms with Gasteiger partial charge in [0.05, 0.1) is 37.8 Å². The van der Waals surface area contributed by atoms with Crippen LogP contribution in [-0.2, 0) is 0 Å². The van der Waals surface area contributed by atoms with Crippen molar-refractivity contribution in [2.75, 3.05) is 25.1 Å². The van der Waals surface area contributed by atoms with Crippen molar-refractivity contribution < 1.29 is 9.13 Å². The molecule has 0 aliphatic carbocycles. The molecule has 0 saturated carbocycles. The smallest absolute Gasteiger partial charge is 0.209 e. The predicted molar refractivity (Wildman–Crippen MR) is 116 cm³/mol. The number of anilines is 1. The fourth-order valence-electron chi connectivity index (χ4n) is 3.66. The van der Waals surface area contributed by atoms with Gasteiger partial charge in [0.2, 0.25) is 5.43 Å². The summed E-state index contributed by atoms with van der Waals surface area (Å²) in [6.07, 6.45) is 2.46. The molecule has 0 unspecified atom stereocenters. The molecule has 1 aliphatic rings. The van der Waals surface area contributed by atoms with Crippen molar-refractivity contribution in [3.8, 4) is 28.5 Å². The molecular formula is C23H20FN5O2. The molecule has 1 aliphatic heterocycles. The molecule has 1 fully saturated rings. The van der Waals surface area contributed by atoms with Gasteiger partial charge in [-0.3, -0.25) is 4.79 Å². The molecule has 0 atom stereocenters. The van der Waals surface area contributed by atoms with E-state index in [4.69, 9.17) is 4.74 Å². The molecule has 2 aromatic carbocycles. The molecule has 1 saturated heterocycles. The number of benzene rings is 2. The number of rotatable bonds is 5. The Bertz CT molecular complexity index is 1280. The van der Waals surface area contributed by atoms with E-state index in [1.807, 2.05) is 53.4 Å². The maximum atomic E-state index is 13.2. The van der Waals surface area contributed by atoms with Gasteiger partial charge in [0.1, 0.15) is 17.6 Å². The zero-order chi connectivity index (χ0) is 21.4. The second kappa shape index (κ2) is 7.71. The van der Waals surface area contributed by atoms with Gasteiger partial charge in [-0.2, -0.15) is 10.2 Å². The van der Waals surface area contributed by atoms with E-state index >= 15 is 0 Å². The molecule has 0 N–H and O–H groups in total. The van der Waals surface area contributed by atoms with Gasteiger partial charge in [0.25, 0.3) is 0 Å². The van der Waals surface area contributed by atoms with Crippen molar-refractivity contribution in [2.45, 2.75) is 6.17 Å². The van der Waals surface area contributed by atoms with Crippen molar-refractivity contribution >= 4 is 5.69 Å². The number of nitrogens with zero attached hydrogens (tertiary/aromatic N) is 5. The Morgan fingerprint density at radius 3 is 2.58 bits per heavy atom. The van der Waals surface area contributed by atoms with Crippen molar-refractivity contribution in [2.24, 2.45) is 0 Å². The number of hydrogen-bond donors (Lipinski definition) is 0. The van der Waals surface area contributed by atoms with E-state index in [0.29, 0.717) is 30.2 Å². The van der Waals surface area contributed by atoms with E-state index in [9.17, 15) is 9.18 Å². The number of alkyl halides is 1. The van der Waals surface area contributed by atoms with Gasteiger partial charge in [-0.05, 0) is 30.3 Å². The zero-order valence-corrected chi connectivity index (χ0v) is 16.9. The van der Waals surface area contributed by atoms with Crippen LogP contribution in [0.3, 0.4) is 0 Å². The van der Waals surface area contributed by atoms with E-state index < -0.39 is 6.17 Å². The first-order chi connectivity index (χ1) is 15.1. The minimum atomic E-state index is -0.789. The fraction of sp³-hybridized carbons (Fsp3) is 0.174. The Hall–Kier alpha value is -3.94. The van der Waals surface area contributed by atoms with Crippen LogP contribution in [0.15, 0.2) is 77.9 Å². The Kier molecular flexibility index (Phi) is 4.74. The predicted octanol–water partition coefficient (Wildman–Crippen LogP) is 3.25. The van der Waals surface area contributed by atoms with Gasteiger partial charge in [-0.15, -0.1) is 0 Å². The molecule has 0 radical (unpaired) electrons. The fourth-order valence-corrected chi connectivity index (χ4v) is 3.66. The van der Waals surface area contributed by atoms with Gasteiger partial charge >= 0.3 is 0 Å². The minimum absolute atomic E-state index is 0.209. The number of aromatic nitrogens is 4. The lowest BCUT2D eigenvalue weighted by Crippen LogP contribution is -2.48. The summed E-state index contributed by atoms with van der Waals surface area (Å²) in [4.78, 5) is 14.6. The van der Waals surface area contributed by atoms with Crippen LogP contribution in [0.1, 0.15) is 0 Å². The standard InChI is InChI=1S/C23H20FN5O2/c1-31-22-13-18(27-14-16(24)15-27)7-8-19(22)28-12-10-21(30)23(26-28)20-9-11-25-29(20)17-5-3-2-4-6-17/h2-13,16H,14-15H2,1H3. The molecule has 156 valence electrons. The number of hydrogen-bond acceptors (Lipinski definition) is 5. The van der Waals surface area contributed by atoms with E-state index in [0.717, 1.165) is 11.4 Å². The van der Waals surface area contributed by atoms with E-state index in [1.165, 1.54) is 6.07 Å². The highest BCUT2D eigenvalue weighted by atomic mass is 19.1. The summed E-state index contributed by atoms with van der Waals surface area (Å²) >= 11 is 0. The van der Waals surface area contributed by atoms with E-state index in [2.05, 4.69) is 10.2 Å². The average molecular weight is 417 g/mol. The second-order valence-electron chi connectivity index (χ2n) is 7.30. The lowest BCUT2D eigenvalue weighted by Gasteiger charge is -2.36. The largest absolute Gasteiger partial charge is 0.494 e. The van der Waals surface area contributed by atoms with E-state index in [-0.39, 0.29) is 11.1 Å². The van der Waals surface area contributed by atoms with Gasteiger partial charge in [0, 0.05) is 24.0 Å². The highest BCUT2D eigenvalue weighted by Gasteiger charge is 2.27. The maximum absolute atomic E-state index is 13.2. The first-order valence-corrected chi connectivity index (χ1v) is 9.91. The normalized spacial score (nSPS) is 13.8. The highest BCUT2D eigenvalue weighted by molar-refractivity contribution is 5.61. The summed E-state index contributed by atoms with van der Waals surface area (Å²) in [6.45, 7) is 0.763. The molecule has 8 heteroatoms. The van der Waals surface area contributed by atoms with Crippen molar-refractivity contribution in [3.63, 3.8) is 0 Å². The average Bonchev–Trinajstić information content (AvgIpc) is 3.27. The Labute approximate surface area is 177 Å². The number of halogens is 1. The number of methoxy groups -OCH3 is 1. The van der Waals surface area contributed by atoms with Crippen LogP contribution < -0.4 is 15.1 Å². The molecule has 7 nitrogen and oxygen atoms in total. The van der Waals surface area contributed by atoms with Crippen molar-refractivity contribution in [1.82, 2.24) is 19.6 Å². The van der Waals surface area contributed by atoms with Crippen molar-refractivity contribution in [3.05, 3.63) is 83.3 Å². The van der Waals surface area contributed by atoms with Gasteiger partial charge < -0.3 is 9.64 Å². The third-order valence-corrected chi connectivity index (χ3v) is 5.31. The van der Waals surface area contributed by atoms with E-state index in [1.54, 1.807) is 34.9 Å². The van der Waals surface area contributed by atoms with Gasteiger partial charge in [-0.25, -0.2) is 13.8 Å². The molecule has 3 heterocycles. The lowest BCUT2D eigenvalue weighted by molar-refractivity contribution is 0.274. The maximum Gasteiger partial charge on any atom is 0.209 e. The first kappa shape index (κ1) is 19.0. The first-order valence-electron chi connectivity index (χ1n) is 9.91. The highest BCUT2D eigenvalue weighted by Crippen LogP contribution is 2.31. The monoisotopic (exact) mass is 417 g/mol. The second-order valence-corrected chi connectivity index (χ2v) is 7.30. The number of ether oxygens (including phenoxy) is 1. The SMILES string of the molecule is COc1cc(N2CC(F)C2)ccc1-n1ccc(=O)c(-c2ccnn2-c2ccccc2)n1. The summed E-state index contributed by atoms with van der Waals surface area (Å²) in [5.41, 5.74) is 3.06. The zero-order valence-electron chi connectivity index (χ0n) is 16.9. The molecule has 0 bridgehead atoms. The third-order valence-electron chi connectivity index (χ3n) is 5.31. The van der Waals surface area contributed by atoms with Crippen LogP contribution >= 0.6 is 0 Å². The van der Waals surface area contributed by atoms with Crippen LogP contribution in [-0.4, -0.2) is 45.9 Å². The van der Waals surface area contributed by atoms with Gasteiger partial charge in [0.15, 0.2) is 5.69 Å². The molecule has 31 heavy (non-hydrogen) atoms. The van der Waals surface area contributed by atoms with Gasteiger partial charge in [-0.1, -0.05) is 18.2 Å². The van der Waals surface area contributed by atoms with Crippen molar-refractivity contribution in [1.29, 1.82) is 0 Å². The summed E-state index contributed by atoms with van der Waals surface area (Å²) in [5, 5.41) is 8.95. The summed E-state index contributed by atoms with van der Waals surface area (Å²) in [6, 6.07) is 18.4. The Morgan fingerprint density at radius 1 is 1.03 bits per heavy atom. The topological polar surface area (TPSA) is 65.2 Å². The quantitative estimate of drug-likeness (QED) is 0.499. The summed E-state index contributed by atoms with van der Waals surface area (Å²) < 4.78 is 22.1. The minimum Gasteiger partial charge on any atom is -0.494 e. The molecule has 0 spiro atoms.